The number of aromatic nitrogens is 2. The highest BCUT2D eigenvalue weighted by atomic mass is 32.2. The molecular weight excluding hydrogens is 202 g/mol. The minimum Gasteiger partial charge on any atom is -0.383 e. The van der Waals surface area contributed by atoms with Crippen LogP contribution in [0.1, 0.15) is 11.7 Å². The Bertz CT molecular complexity index is 254. The molecule has 0 atom stereocenters. The van der Waals surface area contributed by atoms with Gasteiger partial charge in [0, 0.05) is 13.7 Å². The van der Waals surface area contributed by atoms with Gasteiger partial charge in [0.05, 0.1) is 18.9 Å². The van der Waals surface area contributed by atoms with Gasteiger partial charge in [0.25, 0.3) is 0 Å². The zero-order chi connectivity index (χ0) is 10.2. The number of nitrogens with zero attached hydrogens (tertiary/aromatic N) is 2. The first-order valence-corrected chi connectivity index (χ1v) is 5.76. The van der Waals surface area contributed by atoms with Gasteiger partial charge in [0.1, 0.15) is 0 Å². The van der Waals surface area contributed by atoms with Gasteiger partial charge >= 0.3 is 0 Å². The van der Waals surface area contributed by atoms with Crippen LogP contribution in [0.5, 0.6) is 0 Å². The largest absolute Gasteiger partial charge is 0.383 e. The minimum atomic E-state index is 0.602. The molecule has 1 aromatic heterocycles. The summed E-state index contributed by atoms with van der Waals surface area (Å²) in [5, 5.41) is 6.96. The molecule has 0 unspecified atom stereocenters. The molecule has 80 valence electrons. The van der Waals surface area contributed by atoms with E-state index >= 15 is 0 Å². The van der Waals surface area contributed by atoms with Crippen LogP contribution in [0.2, 0.25) is 0 Å². The molecule has 0 spiro atoms. The molecule has 0 radical (unpaired) electrons. The monoisotopic (exact) mass is 217 g/mol. The molecule has 0 fully saturated rings. The van der Waals surface area contributed by atoms with E-state index in [-0.39, 0.29) is 0 Å². The topological polar surface area (TPSA) is 60.2 Å². The highest BCUT2D eigenvalue weighted by Gasteiger charge is 2.04. The predicted octanol–water partition coefficient (Wildman–Crippen LogP) is 0.669. The van der Waals surface area contributed by atoms with Crippen molar-refractivity contribution in [1.82, 2.24) is 15.5 Å². The summed E-state index contributed by atoms with van der Waals surface area (Å²) in [6.07, 6.45) is 2.01. The van der Waals surface area contributed by atoms with E-state index in [0.717, 1.165) is 18.1 Å². The Labute approximate surface area is 87.6 Å². The second-order valence-electron chi connectivity index (χ2n) is 2.71. The third kappa shape index (κ3) is 4.08. The maximum Gasteiger partial charge on any atom is 0.240 e. The molecule has 0 amide bonds. The van der Waals surface area contributed by atoms with E-state index in [1.165, 1.54) is 0 Å². The maximum absolute atomic E-state index is 5.02. The summed E-state index contributed by atoms with van der Waals surface area (Å²) < 4.78 is 9.91. The van der Waals surface area contributed by atoms with Crippen LogP contribution < -0.4 is 5.32 Å². The normalized spacial score (nSPS) is 10.7. The van der Waals surface area contributed by atoms with Gasteiger partial charge in [0.15, 0.2) is 5.82 Å². The fraction of sp³-hybridized carbons (Fsp3) is 0.750. The highest BCUT2D eigenvalue weighted by Crippen LogP contribution is 2.04. The van der Waals surface area contributed by atoms with Crippen molar-refractivity contribution in [3.8, 4) is 0 Å². The number of rotatable bonds is 7. The van der Waals surface area contributed by atoms with Crippen LogP contribution in [0.3, 0.4) is 0 Å². The van der Waals surface area contributed by atoms with Crippen molar-refractivity contribution in [2.24, 2.45) is 0 Å². The Morgan fingerprint density at radius 2 is 2.43 bits per heavy atom. The molecule has 0 saturated heterocycles. The first kappa shape index (κ1) is 11.5. The lowest BCUT2D eigenvalue weighted by Gasteiger charge is -1.98. The van der Waals surface area contributed by atoms with Gasteiger partial charge < -0.3 is 14.6 Å². The van der Waals surface area contributed by atoms with E-state index in [1.54, 1.807) is 18.9 Å². The van der Waals surface area contributed by atoms with Crippen molar-refractivity contribution < 1.29 is 9.26 Å². The van der Waals surface area contributed by atoms with E-state index in [1.807, 2.05) is 6.26 Å². The minimum absolute atomic E-state index is 0.602. The molecule has 0 aliphatic rings. The maximum atomic E-state index is 5.02. The first-order valence-electron chi connectivity index (χ1n) is 4.37. The smallest absolute Gasteiger partial charge is 0.240 e. The molecule has 1 N–H and O–H groups in total. The molecule has 0 aliphatic carbocycles. The molecule has 6 heteroatoms. The predicted molar refractivity (Wildman–Crippen MR) is 55.1 cm³/mol. The van der Waals surface area contributed by atoms with Crippen molar-refractivity contribution in [3.63, 3.8) is 0 Å². The van der Waals surface area contributed by atoms with Crippen LogP contribution in [0.15, 0.2) is 4.52 Å². The van der Waals surface area contributed by atoms with E-state index < -0.39 is 0 Å². The average Bonchev–Trinajstić information content (AvgIpc) is 2.61. The Morgan fingerprint density at radius 3 is 3.14 bits per heavy atom. The lowest BCUT2D eigenvalue weighted by Crippen LogP contribution is -2.18. The van der Waals surface area contributed by atoms with Crippen LogP contribution in [0, 0.1) is 0 Å². The van der Waals surface area contributed by atoms with Crippen molar-refractivity contribution in [2.75, 3.05) is 26.5 Å². The Kier molecular flexibility index (Phi) is 5.58. The van der Waals surface area contributed by atoms with Gasteiger partial charge in [0.2, 0.25) is 5.89 Å². The molecule has 0 bridgehead atoms. The Hall–Kier alpha value is -0.590. The third-order valence-corrected chi connectivity index (χ3v) is 2.09. The molecule has 0 aliphatic heterocycles. The zero-order valence-corrected chi connectivity index (χ0v) is 9.26. The van der Waals surface area contributed by atoms with E-state index in [2.05, 4.69) is 15.5 Å². The molecule has 0 saturated carbocycles. The summed E-state index contributed by atoms with van der Waals surface area (Å²) >= 11 is 1.67. The van der Waals surface area contributed by atoms with Crippen molar-refractivity contribution in [2.45, 2.75) is 12.3 Å². The van der Waals surface area contributed by atoms with Gasteiger partial charge in [-0.15, -0.1) is 0 Å². The average molecular weight is 217 g/mol. The van der Waals surface area contributed by atoms with Gasteiger partial charge in [-0.3, -0.25) is 0 Å². The molecule has 0 aromatic carbocycles. The summed E-state index contributed by atoms with van der Waals surface area (Å²) in [4.78, 5) is 4.20. The summed E-state index contributed by atoms with van der Waals surface area (Å²) in [6, 6.07) is 0. The van der Waals surface area contributed by atoms with Gasteiger partial charge in [-0.25, -0.2) is 0 Å². The molecular formula is C8H15N3O2S. The SMILES string of the molecule is COCCNCc1nc(CSC)no1. The number of thioether (sulfide) groups is 1. The molecule has 14 heavy (non-hydrogen) atoms. The number of hydrogen-bond acceptors (Lipinski definition) is 6. The van der Waals surface area contributed by atoms with Crippen molar-refractivity contribution >= 4 is 11.8 Å². The quantitative estimate of drug-likeness (QED) is 0.677. The highest BCUT2D eigenvalue weighted by molar-refractivity contribution is 7.97. The third-order valence-electron chi connectivity index (χ3n) is 1.54. The molecule has 1 heterocycles. The van der Waals surface area contributed by atoms with Gasteiger partial charge in [-0.1, -0.05) is 5.16 Å². The van der Waals surface area contributed by atoms with E-state index in [0.29, 0.717) is 19.0 Å². The number of hydrogen-bond donors (Lipinski definition) is 1. The number of nitrogens with one attached hydrogen (secondary N) is 1. The van der Waals surface area contributed by atoms with Gasteiger partial charge in [-0.05, 0) is 6.26 Å². The second kappa shape index (κ2) is 6.80. The summed E-state index contributed by atoms with van der Waals surface area (Å²) in [5.74, 6) is 2.17. The summed E-state index contributed by atoms with van der Waals surface area (Å²) in [5.41, 5.74) is 0. The van der Waals surface area contributed by atoms with E-state index in [9.17, 15) is 0 Å². The number of ether oxygens (including phenoxy) is 1. The van der Waals surface area contributed by atoms with Crippen LogP contribution in [-0.4, -0.2) is 36.7 Å². The van der Waals surface area contributed by atoms with Crippen molar-refractivity contribution in [3.05, 3.63) is 11.7 Å². The lowest BCUT2D eigenvalue weighted by atomic mass is 10.6. The number of methoxy groups -OCH3 is 1. The molecule has 1 rings (SSSR count). The fourth-order valence-corrected chi connectivity index (χ4v) is 1.29. The lowest BCUT2D eigenvalue weighted by molar-refractivity contribution is 0.197. The fourth-order valence-electron chi connectivity index (χ4n) is 0.919. The summed E-state index contributed by atoms with van der Waals surface area (Å²) in [7, 11) is 1.67. The van der Waals surface area contributed by atoms with E-state index in [4.69, 9.17) is 9.26 Å². The first-order chi connectivity index (χ1) is 6.86. The van der Waals surface area contributed by atoms with Gasteiger partial charge in [-0.2, -0.15) is 16.7 Å². The standard InChI is InChI=1S/C8H15N3O2S/c1-12-4-3-9-5-8-10-7(6-14-2)11-13-8/h9H,3-6H2,1-2H3. The Morgan fingerprint density at radius 1 is 1.57 bits per heavy atom. The van der Waals surface area contributed by atoms with Crippen LogP contribution >= 0.6 is 11.8 Å². The summed E-state index contributed by atoms with van der Waals surface area (Å²) in [6.45, 7) is 2.08. The second-order valence-corrected chi connectivity index (χ2v) is 3.57. The Balaban J connectivity index is 2.22. The molecule has 1 aromatic rings. The molecule has 5 nitrogen and oxygen atoms in total. The van der Waals surface area contributed by atoms with Crippen molar-refractivity contribution in [1.29, 1.82) is 0 Å². The van der Waals surface area contributed by atoms with Crippen LogP contribution in [-0.2, 0) is 17.0 Å². The van der Waals surface area contributed by atoms with Crippen LogP contribution in [0.25, 0.3) is 0 Å². The zero-order valence-electron chi connectivity index (χ0n) is 8.45. The van der Waals surface area contributed by atoms with Crippen LogP contribution in [0.4, 0.5) is 0 Å².